The highest BCUT2D eigenvalue weighted by Gasteiger charge is 2.40. The van der Waals surface area contributed by atoms with E-state index in [4.69, 9.17) is 0 Å². The molecule has 1 N–H and O–H groups in total. The Bertz CT molecular complexity index is 1270. The number of thioether (sulfide) groups is 1. The summed E-state index contributed by atoms with van der Waals surface area (Å²) in [7, 11) is 0. The highest BCUT2D eigenvalue weighted by Crippen LogP contribution is 2.39. The van der Waals surface area contributed by atoms with E-state index in [-0.39, 0.29) is 30.2 Å². The zero-order chi connectivity index (χ0) is 24.6. The normalized spacial score (nSPS) is 21.2. The van der Waals surface area contributed by atoms with Gasteiger partial charge in [0.2, 0.25) is 11.8 Å². The van der Waals surface area contributed by atoms with E-state index in [0.29, 0.717) is 23.8 Å². The van der Waals surface area contributed by atoms with Gasteiger partial charge in [0.25, 0.3) is 5.91 Å². The first-order valence-corrected chi connectivity index (χ1v) is 13.1. The lowest BCUT2D eigenvalue weighted by Gasteiger charge is -2.44. The third-order valence-corrected chi connectivity index (χ3v) is 8.28. The molecule has 0 saturated carbocycles. The van der Waals surface area contributed by atoms with E-state index in [0.717, 1.165) is 29.2 Å². The summed E-state index contributed by atoms with van der Waals surface area (Å²) in [4.78, 5) is 46.6. The summed E-state index contributed by atoms with van der Waals surface area (Å²) in [5.41, 5.74) is 3.89. The molecule has 6 rings (SSSR count). The standard InChI is InChI=1S/C28H26N4O3S/c33-25-12-11-24(27(34)30-25)32-15-19-14-20(9-10-22(19)28(32)35)36-21-16-31(17-21)26(18-6-2-1-3-7-18)23-8-4-5-13-29-23/h1-10,13-14,21,24,26H,11-12,15-17H2,(H,30,33,34). The van der Waals surface area contributed by atoms with Crippen molar-refractivity contribution in [1.29, 1.82) is 0 Å². The monoisotopic (exact) mass is 498 g/mol. The maximum Gasteiger partial charge on any atom is 0.255 e. The molecule has 4 heterocycles. The Hall–Kier alpha value is -3.49. The molecule has 7 nitrogen and oxygen atoms in total. The molecule has 0 aliphatic carbocycles. The molecule has 3 aliphatic heterocycles. The van der Waals surface area contributed by atoms with Crippen LogP contribution >= 0.6 is 11.8 Å². The molecular formula is C28H26N4O3S. The fourth-order valence-electron chi connectivity index (χ4n) is 5.31. The van der Waals surface area contributed by atoms with Crippen LogP contribution in [0.25, 0.3) is 0 Å². The lowest BCUT2D eigenvalue weighted by Crippen LogP contribution is -2.52. The van der Waals surface area contributed by atoms with Crippen LogP contribution in [0.1, 0.15) is 46.1 Å². The van der Waals surface area contributed by atoms with Crippen LogP contribution in [0.5, 0.6) is 0 Å². The Kier molecular flexibility index (Phi) is 6.07. The second-order valence-corrected chi connectivity index (χ2v) is 10.9. The number of aromatic nitrogens is 1. The van der Waals surface area contributed by atoms with Crippen molar-refractivity contribution in [2.75, 3.05) is 13.1 Å². The van der Waals surface area contributed by atoms with Crippen LogP contribution in [0.3, 0.4) is 0 Å². The molecule has 0 spiro atoms. The second-order valence-electron chi connectivity index (χ2n) is 9.48. The number of hydrogen-bond acceptors (Lipinski definition) is 6. The summed E-state index contributed by atoms with van der Waals surface area (Å²) in [5.74, 6) is -0.782. The minimum Gasteiger partial charge on any atom is -0.322 e. The third-order valence-electron chi connectivity index (χ3n) is 7.12. The van der Waals surface area contributed by atoms with Crippen LogP contribution in [0.15, 0.2) is 77.8 Å². The van der Waals surface area contributed by atoms with Crippen molar-refractivity contribution in [2.45, 2.75) is 41.6 Å². The maximum absolute atomic E-state index is 13.0. The maximum atomic E-state index is 13.0. The Labute approximate surface area is 213 Å². The number of fused-ring (bicyclic) bond motifs is 1. The lowest BCUT2D eigenvalue weighted by molar-refractivity contribution is -0.136. The van der Waals surface area contributed by atoms with E-state index >= 15 is 0 Å². The summed E-state index contributed by atoms with van der Waals surface area (Å²) in [6, 6.07) is 22.1. The first-order chi connectivity index (χ1) is 17.6. The number of imide groups is 1. The molecule has 0 bridgehead atoms. The van der Waals surface area contributed by atoms with Gasteiger partial charge in [0.05, 0.1) is 11.7 Å². The molecule has 2 fully saturated rings. The third kappa shape index (κ3) is 4.31. The first kappa shape index (κ1) is 22.9. The molecule has 1 aromatic heterocycles. The molecule has 3 aromatic rings. The fraction of sp³-hybridized carbons (Fsp3) is 0.286. The van der Waals surface area contributed by atoms with Gasteiger partial charge in [-0.25, -0.2) is 0 Å². The minimum atomic E-state index is -0.583. The van der Waals surface area contributed by atoms with E-state index in [2.05, 4.69) is 51.6 Å². The summed E-state index contributed by atoms with van der Waals surface area (Å²) in [6.45, 7) is 2.29. The van der Waals surface area contributed by atoms with E-state index in [1.165, 1.54) is 5.56 Å². The number of amides is 3. The highest BCUT2D eigenvalue weighted by molar-refractivity contribution is 8.00. The largest absolute Gasteiger partial charge is 0.322 e. The molecule has 3 aliphatic rings. The van der Waals surface area contributed by atoms with Crippen molar-refractivity contribution in [3.63, 3.8) is 0 Å². The van der Waals surface area contributed by atoms with Crippen LogP contribution in [-0.2, 0) is 16.1 Å². The van der Waals surface area contributed by atoms with Crippen molar-refractivity contribution < 1.29 is 14.4 Å². The molecule has 2 unspecified atom stereocenters. The first-order valence-electron chi connectivity index (χ1n) is 12.2. The van der Waals surface area contributed by atoms with Crippen molar-refractivity contribution in [2.24, 2.45) is 0 Å². The number of pyridine rings is 1. The predicted octanol–water partition coefficient (Wildman–Crippen LogP) is 3.41. The van der Waals surface area contributed by atoms with Crippen LogP contribution in [0, 0.1) is 0 Å². The highest BCUT2D eigenvalue weighted by atomic mass is 32.2. The summed E-state index contributed by atoms with van der Waals surface area (Å²) >= 11 is 1.83. The minimum absolute atomic E-state index is 0.129. The van der Waals surface area contributed by atoms with Crippen LogP contribution < -0.4 is 5.32 Å². The number of likely N-dealkylation sites (tertiary alicyclic amines) is 1. The molecule has 36 heavy (non-hydrogen) atoms. The SMILES string of the molecule is O=C1CCC(N2Cc3cc(SC4CN(C(c5ccccc5)c5ccccn5)C4)ccc3C2=O)C(=O)N1. The molecule has 8 heteroatoms. The van der Waals surface area contributed by atoms with Gasteiger partial charge < -0.3 is 4.90 Å². The van der Waals surface area contributed by atoms with Crippen LogP contribution in [0.4, 0.5) is 0 Å². The van der Waals surface area contributed by atoms with Gasteiger partial charge in [-0.1, -0.05) is 36.4 Å². The number of rotatable bonds is 6. The van der Waals surface area contributed by atoms with Crippen molar-refractivity contribution >= 4 is 29.5 Å². The number of benzene rings is 2. The van der Waals surface area contributed by atoms with Crippen LogP contribution in [-0.4, -0.2) is 56.9 Å². The molecule has 3 amide bonds. The van der Waals surface area contributed by atoms with E-state index in [9.17, 15) is 14.4 Å². The lowest BCUT2D eigenvalue weighted by atomic mass is 9.98. The number of piperidine rings is 1. The van der Waals surface area contributed by atoms with Crippen molar-refractivity contribution in [3.8, 4) is 0 Å². The van der Waals surface area contributed by atoms with Gasteiger partial charge in [-0.05, 0) is 47.9 Å². The van der Waals surface area contributed by atoms with Gasteiger partial charge in [-0.3, -0.25) is 29.6 Å². The quantitative estimate of drug-likeness (QED) is 0.525. The summed E-state index contributed by atoms with van der Waals surface area (Å²) in [6.07, 6.45) is 2.49. The second kappa shape index (κ2) is 9.52. The van der Waals surface area contributed by atoms with Gasteiger partial charge in [0.1, 0.15) is 6.04 Å². The number of nitrogens with zero attached hydrogens (tertiary/aromatic N) is 3. The number of carbonyl (C=O) groups is 3. The Morgan fingerprint density at radius 2 is 1.78 bits per heavy atom. The van der Waals surface area contributed by atoms with Crippen molar-refractivity contribution in [1.82, 2.24) is 20.1 Å². The van der Waals surface area contributed by atoms with E-state index < -0.39 is 6.04 Å². The molecule has 2 saturated heterocycles. The Morgan fingerprint density at radius 1 is 0.972 bits per heavy atom. The molecule has 182 valence electrons. The van der Waals surface area contributed by atoms with Gasteiger partial charge in [-0.15, -0.1) is 11.8 Å². The smallest absolute Gasteiger partial charge is 0.255 e. The van der Waals surface area contributed by atoms with Gasteiger partial charge >= 0.3 is 0 Å². The number of carbonyl (C=O) groups excluding carboxylic acids is 3. The summed E-state index contributed by atoms with van der Waals surface area (Å²) in [5, 5.41) is 2.80. The molecule has 2 aromatic carbocycles. The predicted molar refractivity (Wildman–Crippen MR) is 136 cm³/mol. The van der Waals surface area contributed by atoms with Gasteiger partial charge in [0.15, 0.2) is 0 Å². The van der Waals surface area contributed by atoms with Crippen molar-refractivity contribution in [3.05, 3.63) is 95.3 Å². The van der Waals surface area contributed by atoms with E-state index in [1.807, 2.05) is 48.3 Å². The topological polar surface area (TPSA) is 82.6 Å². The number of nitrogens with one attached hydrogen (secondary N) is 1. The van der Waals surface area contributed by atoms with E-state index in [1.54, 1.807) is 4.90 Å². The zero-order valence-corrected chi connectivity index (χ0v) is 20.5. The zero-order valence-electron chi connectivity index (χ0n) is 19.7. The van der Waals surface area contributed by atoms with Crippen LogP contribution in [0.2, 0.25) is 0 Å². The Balaban J connectivity index is 1.12. The Morgan fingerprint density at radius 3 is 2.53 bits per heavy atom. The van der Waals surface area contributed by atoms with Gasteiger partial charge in [-0.2, -0.15) is 0 Å². The average molecular weight is 499 g/mol. The summed E-state index contributed by atoms with van der Waals surface area (Å²) < 4.78 is 0. The number of hydrogen-bond donors (Lipinski definition) is 1. The fourth-order valence-corrected chi connectivity index (χ4v) is 6.59. The molecule has 2 atom stereocenters. The molecular weight excluding hydrogens is 472 g/mol. The molecule has 0 radical (unpaired) electrons. The van der Waals surface area contributed by atoms with Gasteiger partial charge in [0, 0.05) is 48.0 Å². The average Bonchev–Trinajstić information content (AvgIpc) is 3.19.